The van der Waals surface area contributed by atoms with Crippen molar-refractivity contribution in [3.63, 3.8) is 0 Å². The van der Waals surface area contributed by atoms with Crippen LogP contribution in [0.4, 0.5) is 5.69 Å². The lowest BCUT2D eigenvalue weighted by atomic mass is 9.85. The van der Waals surface area contributed by atoms with Gasteiger partial charge in [-0.05, 0) is 63.3 Å². The highest BCUT2D eigenvalue weighted by molar-refractivity contribution is 5.53. The Kier molecular flexibility index (Phi) is 4.65. The summed E-state index contributed by atoms with van der Waals surface area (Å²) < 4.78 is 0. The number of nitrogens with one attached hydrogen (secondary N) is 2. The molecule has 2 N–H and O–H groups in total. The van der Waals surface area contributed by atoms with E-state index in [9.17, 15) is 0 Å². The summed E-state index contributed by atoms with van der Waals surface area (Å²) in [6.45, 7) is 5.50. The van der Waals surface area contributed by atoms with E-state index in [2.05, 4.69) is 49.7 Å². The molecule has 1 aromatic rings. The first kappa shape index (κ1) is 13.4. The highest BCUT2D eigenvalue weighted by Crippen LogP contribution is 2.25. The number of aryl methyl sites for hydroxylation is 1. The van der Waals surface area contributed by atoms with Gasteiger partial charge in [0, 0.05) is 18.3 Å². The smallest absolute Gasteiger partial charge is 0.0372 e. The predicted molar refractivity (Wildman–Crippen MR) is 79.2 cm³/mol. The third-order valence-electron chi connectivity index (χ3n) is 4.38. The molecular formula is C16H26N2. The quantitative estimate of drug-likeness (QED) is 0.849. The number of benzene rings is 1. The second-order valence-electron chi connectivity index (χ2n) is 5.65. The van der Waals surface area contributed by atoms with Crippen molar-refractivity contribution in [2.75, 3.05) is 18.9 Å². The molecule has 2 rings (SSSR count). The van der Waals surface area contributed by atoms with Crippen LogP contribution in [0.3, 0.4) is 0 Å². The van der Waals surface area contributed by atoms with Crippen molar-refractivity contribution in [3.8, 4) is 0 Å². The molecule has 1 fully saturated rings. The van der Waals surface area contributed by atoms with E-state index < -0.39 is 0 Å². The average Bonchev–Trinajstić information content (AvgIpc) is 2.41. The number of hydrogen-bond donors (Lipinski definition) is 2. The molecule has 0 bridgehead atoms. The van der Waals surface area contributed by atoms with Gasteiger partial charge in [-0.15, -0.1) is 0 Å². The normalized spacial score (nSPS) is 23.9. The molecule has 0 spiro atoms. The molecule has 2 heteroatoms. The van der Waals surface area contributed by atoms with Gasteiger partial charge >= 0.3 is 0 Å². The topological polar surface area (TPSA) is 24.1 Å². The molecule has 2 unspecified atom stereocenters. The largest absolute Gasteiger partial charge is 0.385 e. The van der Waals surface area contributed by atoms with Crippen molar-refractivity contribution in [2.45, 2.75) is 45.6 Å². The second kappa shape index (κ2) is 6.24. The molecule has 0 radical (unpaired) electrons. The Labute approximate surface area is 111 Å². The summed E-state index contributed by atoms with van der Waals surface area (Å²) in [6, 6.07) is 7.24. The van der Waals surface area contributed by atoms with Crippen molar-refractivity contribution >= 4 is 5.69 Å². The van der Waals surface area contributed by atoms with E-state index in [1.807, 2.05) is 0 Å². The highest BCUT2D eigenvalue weighted by Gasteiger charge is 2.20. The van der Waals surface area contributed by atoms with Crippen LogP contribution in [-0.2, 0) is 0 Å². The summed E-state index contributed by atoms with van der Waals surface area (Å²) in [6.07, 6.45) is 5.39. The average molecular weight is 246 g/mol. The summed E-state index contributed by atoms with van der Waals surface area (Å²) in [4.78, 5) is 0. The maximum Gasteiger partial charge on any atom is 0.0372 e. The van der Waals surface area contributed by atoms with E-state index in [4.69, 9.17) is 0 Å². The molecule has 0 saturated heterocycles. The lowest BCUT2D eigenvalue weighted by Gasteiger charge is -2.29. The first-order valence-electron chi connectivity index (χ1n) is 7.18. The maximum absolute atomic E-state index is 3.64. The fourth-order valence-electron chi connectivity index (χ4n) is 2.94. The van der Waals surface area contributed by atoms with Crippen molar-refractivity contribution in [1.82, 2.24) is 5.32 Å². The summed E-state index contributed by atoms with van der Waals surface area (Å²) in [5.74, 6) is 0.816. The van der Waals surface area contributed by atoms with Gasteiger partial charge in [0.2, 0.25) is 0 Å². The van der Waals surface area contributed by atoms with E-state index >= 15 is 0 Å². The molecule has 0 heterocycles. The van der Waals surface area contributed by atoms with Gasteiger partial charge in [-0.2, -0.15) is 0 Å². The van der Waals surface area contributed by atoms with Crippen LogP contribution in [0, 0.1) is 19.8 Å². The fraction of sp³-hybridized carbons (Fsp3) is 0.625. The van der Waals surface area contributed by atoms with E-state index in [1.165, 1.54) is 42.5 Å². The van der Waals surface area contributed by atoms with Gasteiger partial charge in [-0.1, -0.05) is 18.6 Å². The summed E-state index contributed by atoms with van der Waals surface area (Å²) in [7, 11) is 2.09. The highest BCUT2D eigenvalue weighted by atomic mass is 14.9. The van der Waals surface area contributed by atoms with Gasteiger partial charge in [-0.3, -0.25) is 0 Å². The summed E-state index contributed by atoms with van der Waals surface area (Å²) in [5, 5.41) is 7.07. The Bertz CT molecular complexity index is 387. The van der Waals surface area contributed by atoms with Gasteiger partial charge in [0.05, 0.1) is 0 Å². The van der Waals surface area contributed by atoms with Gasteiger partial charge < -0.3 is 10.6 Å². The van der Waals surface area contributed by atoms with Crippen LogP contribution in [0.15, 0.2) is 18.2 Å². The minimum atomic E-state index is 0.726. The molecule has 2 nitrogen and oxygen atoms in total. The minimum Gasteiger partial charge on any atom is -0.385 e. The van der Waals surface area contributed by atoms with Crippen LogP contribution < -0.4 is 10.6 Å². The molecule has 1 aliphatic carbocycles. The molecule has 100 valence electrons. The van der Waals surface area contributed by atoms with Crippen molar-refractivity contribution < 1.29 is 0 Å². The van der Waals surface area contributed by atoms with Gasteiger partial charge in [0.25, 0.3) is 0 Å². The number of anilines is 1. The first-order chi connectivity index (χ1) is 8.70. The SMILES string of the molecule is CNC1CCCC(CNc2cccc(C)c2C)C1. The Morgan fingerprint density at radius 2 is 2.06 bits per heavy atom. The van der Waals surface area contributed by atoms with E-state index in [0.29, 0.717) is 0 Å². The zero-order valence-corrected chi connectivity index (χ0v) is 11.9. The molecule has 0 aromatic heterocycles. The predicted octanol–water partition coefficient (Wildman–Crippen LogP) is 3.49. The van der Waals surface area contributed by atoms with Gasteiger partial charge in [-0.25, -0.2) is 0 Å². The van der Waals surface area contributed by atoms with E-state index in [-0.39, 0.29) is 0 Å². The van der Waals surface area contributed by atoms with Crippen LogP contribution >= 0.6 is 0 Å². The summed E-state index contributed by atoms with van der Waals surface area (Å²) in [5.41, 5.74) is 4.07. The molecular weight excluding hydrogens is 220 g/mol. The first-order valence-corrected chi connectivity index (χ1v) is 7.18. The van der Waals surface area contributed by atoms with Crippen molar-refractivity contribution in [1.29, 1.82) is 0 Å². The van der Waals surface area contributed by atoms with Crippen LogP contribution in [0.5, 0.6) is 0 Å². The van der Waals surface area contributed by atoms with Gasteiger partial charge in [0.1, 0.15) is 0 Å². The Morgan fingerprint density at radius 3 is 2.83 bits per heavy atom. The third-order valence-corrected chi connectivity index (χ3v) is 4.38. The van der Waals surface area contributed by atoms with Gasteiger partial charge in [0.15, 0.2) is 0 Å². The Balaban J connectivity index is 1.89. The molecule has 0 amide bonds. The van der Waals surface area contributed by atoms with Crippen molar-refractivity contribution in [3.05, 3.63) is 29.3 Å². The monoisotopic (exact) mass is 246 g/mol. The fourth-order valence-corrected chi connectivity index (χ4v) is 2.94. The molecule has 1 saturated carbocycles. The van der Waals surface area contributed by atoms with E-state index in [0.717, 1.165) is 18.5 Å². The maximum atomic E-state index is 3.64. The zero-order chi connectivity index (χ0) is 13.0. The minimum absolute atomic E-state index is 0.726. The zero-order valence-electron chi connectivity index (χ0n) is 11.9. The number of hydrogen-bond acceptors (Lipinski definition) is 2. The van der Waals surface area contributed by atoms with Crippen molar-refractivity contribution in [2.24, 2.45) is 5.92 Å². The molecule has 2 atom stereocenters. The molecule has 1 aromatic carbocycles. The standard InChI is InChI=1S/C16H26N2/c1-12-6-4-9-16(13(12)2)18-11-14-7-5-8-15(10-14)17-3/h4,6,9,14-15,17-18H,5,7-8,10-11H2,1-3H3. The Hall–Kier alpha value is -1.02. The summed E-state index contributed by atoms with van der Waals surface area (Å²) >= 11 is 0. The lowest BCUT2D eigenvalue weighted by Crippen LogP contribution is -2.33. The van der Waals surface area contributed by atoms with E-state index in [1.54, 1.807) is 0 Å². The van der Waals surface area contributed by atoms with Crippen LogP contribution in [0.2, 0.25) is 0 Å². The van der Waals surface area contributed by atoms with Crippen LogP contribution in [0.1, 0.15) is 36.8 Å². The molecule has 1 aliphatic rings. The third kappa shape index (κ3) is 3.26. The second-order valence-corrected chi connectivity index (χ2v) is 5.65. The van der Waals surface area contributed by atoms with Crippen LogP contribution in [0.25, 0.3) is 0 Å². The van der Waals surface area contributed by atoms with Crippen LogP contribution in [-0.4, -0.2) is 19.6 Å². The molecule has 18 heavy (non-hydrogen) atoms. The number of rotatable bonds is 4. The lowest BCUT2D eigenvalue weighted by molar-refractivity contribution is 0.306. The molecule has 0 aliphatic heterocycles. The Morgan fingerprint density at radius 1 is 1.22 bits per heavy atom.